The number of ether oxygens (including phenoxy) is 1. The topological polar surface area (TPSA) is 104 Å². The molecular formula is C18H26N2O6S. The van der Waals surface area contributed by atoms with Crippen molar-refractivity contribution in [1.82, 2.24) is 4.31 Å². The molecule has 0 aliphatic carbocycles. The number of sulfonamides is 1. The summed E-state index contributed by atoms with van der Waals surface area (Å²) in [6.07, 6.45) is 0.279. The molecule has 0 unspecified atom stereocenters. The van der Waals surface area contributed by atoms with E-state index in [2.05, 4.69) is 0 Å². The zero-order valence-electron chi connectivity index (χ0n) is 16.1. The summed E-state index contributed by atoms with van der Waals surface area (Å²) >= 11 is 0. The molecule has 0 radical (unpaired) electrons. The molecule has 0 saturated heterocycles. The predicted molar refractivity (Wildman–Crippen MR) is 100 cm³/mol. The number of carbonyl (C=O) groups excluding carboxylic acids is 1. The van der Waals surface area contributed by atoms with E-state index in [0.717, 1.165) is 4.31 Å². The van der Waals surface area contributed by atoms with Gasteiger partial charge in [-0.15, -0.1) is 0 Å². The predicted octanol–water partition coefficient (Wildman–Crippen LogP) is 2.09. The van der Waals surface area contributed by atoms with Crippen LogP contribution in [0.15, 0.2) is 23.1 Å². The van der Waals surface area contributed by atoms with Gasteiger partial charge in [-0.2, -0.15) is 4.31 Å². The summed E-state index contributed by atoms with van der Waals surface area (Å²) in [5, 5.41) is 8.89. The first-order valence-electron chi connectivity index (χ1n) is 8.81. The number of carboxylic acid groups (broad SMARTS) is 1. The molecule has 1 aromatic carbocycles. The lowest BCUT2D eigenvalue weighted by molar-refractivity contribution is -0.137. The van der Waals surface area contributed by atoms with Crippen molar-refractivity contribution in [2.75, 3.05) is 24.5 Å². The van der Waals surface area contributed by atoms with Crippen LogP contribution in [-0.2, 0) is 19.6 Å². The molecule has 150 valence electrons. The molecule has 0 bridgehead atoms. The minimum atomic E-state index is -3.89. The molecule has 1 N–H and O–H groups in total. The fourth-order valence-electron chi connectivity index (χ4n) is 3.00. The Hall–Kier alpha value is -2.13. The summed E-state index contributed by atoms with van der Waals surface area (Å²) in [6, 6.07) is 4.39. The molecule has 1 amide bonds. The third kappa shape index (κ3) is 4.78. The smallest absolute Gasteiger partial charge is 0.304 e. The van der Waals surface area contributed by atoms with Gasteiger partial charge in [0.2, 0.25) is 15.9 Å². The SMILES string of the molecule is CCCN(CCC(=O)O)S(=O)(=O)c1ccc2c(c1)N(C(C)=O)CC(C)(C)O2. The lowest BCUT2D eigenvalue weighted by Crippen LogP contribution is -2.48. The van der Waals surface area contributed by atoms with Crippen LogP contribution in [0.2, 0.25) is 0 Å². The van der Waals surface area contributed by atoms with Crippen molar-refractivity contribution in [3.8, 4) is 5.75 Å². The zero-order valence-corrected chi connectivity index (χ0v) is 16.9. The van der Waals surface area contributed by atoms with Crippen molar-refractivity contribution in [3.05, 3.63) is 18.2 Å². The maximum Gasteiger partial charge on any atom is 0.304 e. The van der Waals surface area contributed by atoms with E-state index in [1.165, 1.54) is 24.0 Å². The van der Waals surface area contributed by atoms with Crippen molar-refractivity contribution in [2.45, 2.75) is 51.0 Å². The van der Waals surface area contributed by atoms with Crippen molar-refractivity contribution < 1.29 is 27.9 Å². The van der Waals surface area contributed by atoms with Crippen molar-refractivity contribution >= 4 is 27.6 Å². The molecule has 1 aromatic rings. The van der Waals surface area contributed by atoms with Gasteiger partial charge in [0, 0.05) is 20.0 Å². The third-order valence-electron chi connectivity index (χ3n) is 4.21. The second kappa shape index (κ2) is 7.85. The Morgan fingerprint density at radius 2 is 1.96 bits per heavy atom. The molecule has 1 heterocycles. The third-order valence-corrected chi connectivity index (χ3v) is 6.11. The molecule has 2 rings (SSSR count). The molecule has 1 aliphatic heterocycles. The van der Waals surface area contributed by atoms with E-state index in [-0.39, 0.29) is 30.3 Å². The van der Waals surface area contributed by atoms with Gasteiger partial charge in [0.1, 0.15) is 11.4 Å². The number of hydrogen-bond acceptors (Lipinski definition) is 5. The summed E-state index contributed by atoms with van der Waals surface area (Å²) in [6.45, 7) is 7.36. The molecule has 9 heteroatoms. The summed E-state index contributed by atoms with van der Waals surface area (Å²) in [5.41, 5.74) is -0.188. The highest BCUT2D eigenvalue weighted by atomic mass is 32.2. The van der Waals surface area contributed by atoms with Crippen LogP contribution < -0.4 is 9.64 Å². The van der Waals surface area contributed by atoms with E-state index in [9.17, 15) is 18.0 Å². The number of nitrogens with zero attached hydrogens (tertiary/aromatic N) is 2. The fourth-order valence-corrected chi connectivity index (χ4v) is 4.56. The van der Waals surface area contributed by atoms with Crippen molar-refractivity contribution in [1.29, 1.82) is 0 Å². The summed E-state index contributed by atoms with van der Waals surface area (Å²) in [5.74, 6) is -0.832. The average Bonchev–Trinajstić information content (AvgIpc) is 2.56. The lowest BCUT2D eigenvalue weighted by Gasteiger charge is -2.39. The van der Waals surface area contributed by atoms with Crippen LogP contribution in [0.3, 0.4) is 0 Å². The molecule has 1 aliphatic rings. The molecule has 0 fully saturated rings. The van der Waals surface area contributed by atoms with Gasteiger partial charge in [0.15, 0.2) is 0 Å². The number of carbonyl (C=O) groups is 2. The second-order valence-electron chi connectivity index (χ2n) is 7.14. The van der Waals surface area contributed by atoms with Crippen LogP contribution in [0.5, 0.6) is 5.75 Å². The Kier molecular flexibility index (Phi) is 6.16. The number of hydrogen-bond donors (Lipinski definition) is 1. The van der Waals surface area contributed by atoms with E-state index >= 15 is 0 Å². The van der Waals surface area contributed by atoms with Gasteiger partial charge in [-0.1, -0.05) is 6.92 Å². The maximum atomic E-state index is 13.0. The molecular weight excluding hydrogens is 372 g/mol. The van der Waals surface area contributed by atoms with Gasteiger partial charge in [0.05, 0.1) is 23.5 Å². The number of amides is 1. The Balaban J connectivity index is 2.45. The number of carboxylic acids is 1. The van der Waals surface area contributed by atoms with Crippen LogP contribution in [0, 0.1) is 0 Å². The zero-order chi connectivity index (χ0) is 20.4. The van der Waals surface area contributed by atoms with Crippen molar-refractivity contribution in [3.63, 3.8) is 0 Å². The van der Waals surface area contributed by atoms with E-state index in [1.807, 2.05) is 20.8 Å². The molecule has 27 heavy (non-hydrogen) atoms. The van der Waals surface area contributed by atoms with Crippen LogP contribution in [0.1, 0.15) is 40.5 Å². The van der Waals surface area contributed by atoms with Gasteiger partial charge >= 0.3 is 5.97 Å². The van der Waals surface area contributed by atoms with E-state index in [4.69, 9.17) is 9.84 Å². The quantitative estimate of drug-likeness (QED) is 0.754. The number of rotatable bonds is 7. The van der Waals surface area contributed by atoms with Crippen molar-refractivity contribution in [2.24, 2.45) is 0 Å². The van der Waals surface area contributed by atoms with E-state index in [0.29, 0.717) is 24.4 Å². The Morgan fingerprint density at radius 1 is 1.30 bits per heavy atom. The first kappa shape index (κ1) is 21.2. The maximum absolute atomic E-state index is 13.0. The van der Waals surface area contributed by atoms with Crippen LogP contribution in [-0.4, -0.2) is 54.9 Å². The lowest BCUT2D eigenvalue weighted by atomic mass is 10.1. The van der Waals surface area contributed by atoms with Crippen LogP contribution >= 0.6 is 0 Å². The summed E-state index contributed by atoms with van der Waals surface area (Å²) in [4.78, 5) is 24.4. The van der Waals surface area contributed by atoms with Crippen LogP contribution in [0.25, 0.3) is 0 Å². The normalized spacial score (nSPS) is 16.0. The minimum absolute atomic E-state index is 0.00893. The summed E-state index contributed by atoms with van der Waals surface area (Å²) in [7, 11) is -3.89. The largest absolute Gasteiger partial charge is 0.484 e. The molecule has 8 nitrogen and oxygen atoms in total. The molecule has 0 atom stereocenters. The van der Waals surface area contributed by atoms with E-state index in [1.54, 1.807) is 6.07 Å². The monoisotopic (exact) mass is 398 g/mol. The van der Waals surface area contributed by atoms with Crippen LogP contribution in [0.4, 0.5) is 5.69 Å². The Bertz CT molecular complexity index is 834. The number of benzene rings is 1. The highest BCUT2D eigenvalue weighted by Crippen LogP contribution is 2.39. The molecule has 0 saturated carbocycles. The van der Waals surface area contributed by atoms with Gasteiger partial charge in [-0.3, -0.25) is 9.59 Å². The number of aliphatic carboxylic acids is 1. The minimum Gasteiger partial charge on any atom is -0.484 e. The van der Waals surface area contributed by atoms with E-state index < -0.39 is 21.6 Å². The first-order valence-corrected chi connectivity index (χ1v) is 10.2. The Morgan fingerprint density at radius 3 is 2.52 bits per heavy atom. The highest BCUT2D eigenvalue weighted by molar-refractivity contribution is 7.89. The summed E-state index contributed by atoms with van der Waals surface area (Å²) < 4.78 is 33.1. The van der Waals surface area contributed by atoms with Gasteiger partial charge < -0.3 is 14.7 Å². The van der Waals surface area contributed by atoms with Gasteiger partial charge in [-0.25, -0.2) is 8.42 Å². The van der Waals surface area contributed by atoms with Gasteiger partial charge in [0.25, 0.3) is 0 Å². The molecule has 0 spiro atoms. The first-order chi connectivity index (χ1) is 12.5. The van der Waals surface area contributed by atoms with Gasteiger partial charge in [-0.05, 0) is 38.5 Å². The highest BCUT2D eigenvalue weighted by Gasteiger charge is 2.35. The molecule has 0 aromatic heterocycles. The Labute approximate surface area is 159 Å². The number of fused-ring (bicyclic) bond motifs is 1. The second-order valence-corrected chi connectivity index (χ2v) is 9.08. The number of anilines is 1. The fraction of sp³-hybridized carbons (Fsp3) is 0.556. The standard InChI is InChI=1S/C18H26N2O6S/c1-5-9-19(10-8-17(22)23)27(24,25)14-6-7-16-15(11-14)20(13(2)21)12-18(3,4)26-16/h6-7,11H,5,8-10,12H2,1-4H3,(H,22,23). The average molecular weight is 398 g/mol.